The van der Waals surface area contributed by atoms with Gasteiger partial charge < -0.3 is 19.9 Å². The number of hydrogen-bond donors (Lipinski definition) is 1. The Hall–Kier alpha value is -4.57. The van der Waals surface area contributed by atoms with E-state index in [9.17, 15) is 14.4 Å². The Bertz CT molecular complexity index is 1500. The summed E-state index contributed by atoms with van der Waals surface area (Å²) in [7, 11) is 1.64. The Balaban J connectivity index is 1.36. The predicted molar refractivity (Wildman–Crippen MR) is 152 cm³/mol. The fourth-order valence-corrected chi connectivity index (χ4v) is 5.16. The molecular weight excluding hydrogens is 508 g/mol. The number of methoxy groups -OCH3 is 1. The van der Waals surface area contributed by atoms with Crippen LogP contribution in [-0.2, 0) is 20.9 Å². The molecule has 206 valence electrons. The van der Waals surface area contributed by atoms with Gasteiger partial charge in [0.05, 0.1) is 5.69 Å². The van der Waals surface area contributed by atoms with E-state index in [1.54, 1.807) is 35.3 Å². The van der Waals surface area contributed by atoms with E-state index < -0.39 is 6.04 Å². The number of hydrogen-bond acceptors (Lipinski definition) is 6. The lowest BCUT2D eigenvalue weighted by molar-refractivity contribution is -0.130. The zero-order valence-electron chi connectivity index (χ0n) is 22.6. The van der Waals surface area contributed by atoms with Crippen molar-refractivity contribution in [3.05, 3.63) is 78.2 Å². The van der Waals surface area contributed by atoms with Gasteiger partial charge in [-0.2, -0.15) is 5.10 Å². The summed E-state index contributed by atoms with van der Waals surface area (Å²) in [5, 5.41) is 8.84. The summed E-state index contributed by atoms with van der Waals surface area (Å²) in [6.07, 6.45) is 7.81. The van der Waals surface area contributed by atoms with Gasteiger partial charge in [-0.05, 0) is 48.7 Å². The molecular formula is C30H32N6O4. The van der Waals surface area contributed by atoms with Crippen LogP contribution in [0.2, 0.25) is 0 Å². The number of amides is 3. The number of aromatic nitrogens is 3. The topological polar surface area (TPSA) is 110 Å². The van der Waals surface area contributed by atoms with Crippen molar-refractivity contribution in [2.24, 2.45) is 0 Å². The van der Waals surface area contributed by atoms with Crippen LogP contribution < -0.4 is 10.2 Å². The molecule has 10 heteroatoms. The van der Waals surface area contributed by atoms with Crippen LogP contribution in [0.15, 0.2) is 67.1 Å². The first-order chi connectivity index (χ1) is 19.5. The number of carbonyl (C=O) groups excluding carboxylic acids is 3. The number of benzene rings is 2. The summed E-state index contributed by atoms with van der Waals surface area (Å²) < 4.78 is 6.81. The third-order valence-electron chi connectivity index (χ3n) is 7.09. The van der Waals surface area contributed by atoms with E-state index in [2.05, 4.69) is 15.4 Å². The maximum Gasteiger partial charge on any atom is 0.258 e. The van der Waals surface area contributed by atoms with Crippen LogP contribution in [0.3, 0.4) is 0 Å². The van der Waals surface area contributed by atoms with Crippen molar-refractivity contribution >= 4 is 40.4 Å². The first-order valence-electron chi connectivity index (χ1n) is 13.4. The van der Waals surface area contributed by atoms with E-state index in [0.29, 0.717) is 49.5 Å². The molecule has 5 rings (SSSR count). The third kappa shape index (κ3) is 5.30. The lowest BCUT2D eigenvalue weighted by atomic mass is 10.0. The van der Waals surface area contributed by atoms with Crippen LogP contribution in [0.25, 0.3) is 16.6 Å². The van der Waals surface area contributed by atoms with Crippen molar-refractivity contribution in [2.75, 3.05) is 30.5 Å². The monoisotopic (exact) mass is 540 g/mol. The Kier molecular flexibility index (Phi) is 8.16. The molecule has 0 radical (unpaired) electrons. The molecule has 3 amide bonds. The lowest BCUT2D eigenvalue weighted by Crippen LogP contribution is -2.43. The molecule has 40 heavy (non-hydrogen) atoms. The van der Waals surface area contributed by atoms with E-state index >= 15 is 0 Å². The largest absolute Gasteiger partial charge is 0.385 e. The fourth-order valence-electron chi connectivity index (χ4n) is 5.16. The minimum atomic E-state index is -0.677. The molecule has 2 aromatic carbocycles. The van der Waals surface area contributed by atoms with Gasteiger partial charge >= 0.3 is 0 Å². The van der Waals surface area contributed by atoms with Crippen LogP contribution in [-0.4, -0.2) is 64.2 Å². The quantitative estimate of drug-likeness (QED) is 0.201. The minimum Gasteiger partial charge on any atom is -0.385 e. The smallest absolute Gasteiger partial charge is 0.258 e. The van der Waals surface area contributed by atoms with E-state index in [-0.39, 0.29) is 18.4 Å². The van der Waals surface area contributed by atoms with Gasteiger partial charge in [0.1, 0.15) is 6.04 Å². The van der Waals surface area contributed by atoms with Crippen LogP contribution >= 0.6 is 0 Å². The molecule has 0 spiro atoms. The molecule has 0 saturated carbocycles. The van der Waals surface area contributed by atoms with Crippen LogP contribution in [0, 0.1) is 0 Å². The average Bonchev–Trinajstić information content (AvgIpc) is 3.61. The second-order valence-electron chi connectivity index (χ2n) is 9.71. The van der Waals surface area contributed by atoms with Gasteiger partial charge in [-0.1, -0.05) is 31.5 Å². The SMILES string of the molecule is CCCC(C(=O)Nc1ccc2c3c(cccc13)C(=O)N2CCCOC)N(C=O)Cc1ccc(-n2cccn2)nc1. The number of pyridine rings is 1. The molecule has 0 bridgehead atoms. The summed E-state index contributed by atoms with van der Waals surface area (Å²) in [5.41, 5.74) is 2.85. The summed E-state index contributed by atoms with van der Waals surface area (Å²) in [4.78, 5) is 46.6. The Morgan fingerprint density at radius 2 is 2.05 bits per heavy atom. The summed E-state index contributed by atoms with van der Waals surface area (Å²) in [6.45, 7) is 3.33. The number of carbonyl (C=O) groups is 3. The Morgan fingerprint density at radius 1 is 1.18 bits per heavy atom. The van der Waals surface area contributed by atoms with Crippen LogP contribution in [0.5, 0.6) is 0 Å². The van der Waals surface area contributed by atoms with Crippen LogP contribution in [0.1, 0.15) is 42.1 Å². The standard InChI is InChI=1S/C30H32N6O4/c1-3-7-26(34(20-37)19-21-10-13-27(31-18-21)36-16-5-14-32-36)29(38)33-24-11-12-25-28-22(24)8-4-9-23(28)30(39)35(25)15-6-17-40-2/h4-5,8-14,16,18,20,26H,3,6-7,15,17,19H2,1-2H3,(H,33,38). The number of nitrogens with one attached hydrogen (secondary N) is 1. The van der Waals surface area contributed by atoms with E-state index in [0.717, 1.165) is 28.4 Å². The fraction of sp³-hybridized carbons (Fsp3) is 0.300. The molecule has 1 N–H and O–H groups in total. The highest BCUT2D eigenvalue weighted by Gasteiger charge is 2.31. The van der Waals surface area contributed by atoms with Crippen molar-refractivity contribution in [1.29, 1.82) is 0 Å². The zero-order chi connectivity index (χ0) is 28.1. The number of rotatable bonds is 13. The first kappa shape index (κ1) is 27.0. The molecule has 1 aliphatic heterocycles. The average molecular weight is 541 g/mol. The molecule has 0 aliphatic carbocycles. The van der Waals surface area contributed by atoms with Crippen molar-refractivity contribution in [2.45, 2.75) is 38.8 Å². The first-order valence-corrected chi connectivity index (χ1v) is 13.4. The highest BCUT2D eigenvalue weighted by Crippen LogP contribution is 2.40. The highest BCUT2D eigenvalue weighted by molar-refractivity contribution is 6.27. The molecule has 1 atom stereocenters. The molecule has 0 fully saturated rings. The Labute approximate surface area is 232 Å². The molecule has 3 heterocycles. The minimum absolute atomic E-state index is 0.0525. The predicted octanol–water partition coefficient (Wildman–Crippen LogP) is 4.18. The van der Waals surface area contributed by atoms with Crippen molar-refractivity contribution < 1.29 is 19.1 Å². The third-order valence-corrected chi connectivity index (χ3v) is 7.09. The normalized spacial score (nSPS) is 13.1. The molecule has 1 unspecified atom stereocenters. The molecule has 2 aromatic heterocycles. The zero-order valence-corrected chi connectivity index (χ0v) is 22.6. The maximum absolute atomic E-state index is 13.6. The molecule has 1 aliphatic rings. The van der Waals surface area contributed by atoms with E-state index in [1.807, 2.05) is 55.5 Å². The summed E-state index contributed by atoms with van der Waals surface area (Å²) >= 11 is 0. The summed E-state index contributed by atoms with van der Waals surface area (Å²) in [6, 6.07) is 14.1. The summed E-state index contributed by atoms with van der Waals surface area (Å²) in [5.74, 6) is 0.331. The molecule has 10 nitrogen and oxygen atoms in total. The van der Waals surface area contributed by atoms with Gasteiger partial charge in [0.2, 0.25) is 12.3 Å². The van der Waals surface area contributed by atoms with Gasteiger partial charge in [-0.25, -0.2) is 9.67 Å². The number of anilines is 2. The second kappa shape index (κ2) is 12.1. The van der Waals surface area contributed by atoms with E-state index in [1.165, 1.54) is 4.90 Å². The van der Waals surface area contributed by atoms with Gasteiger partial charge in [-0.15, -0.1) is 0 Å². The van der Waals surface area contributed by atoms with Crippen molar-refractivity contribution in [3.63, 3.8) is 0 Å². The maximum atomic E-state index is 13.6. The lowest BCUT2D eigenvalue weighted by Gasteiger charge is -2.27. The number of ether oxygens (including phenoxy) is 1. The van der Waals surface area contributed by atoms with Gasteiger partial charge in [0, 0.05) is 67.4 Å². The van der Waals surface area contributed by atoms with Gasteiger partial charge in [0.15, 0.2) is 5.82 Å². The van der Waals surface area contributed by atoms with Crippen molar-refractivity contribution in [3.8, 4) is 5.82 Å². The number of nitrogens with zero attached hydrogens (tertiary/aromatic N) is 5. The van der Waals surface area contributed by atoms with E-state index in [4.69, 9.17) is 4.74 Å². The molecule has 0 saturated heterocycles. The second-order valence-corrected chi connectivity index (χ2v) is 9.71. The van der Waals surface area contributed by atoms with Crippen molar-refractivity contribution in [1.82, 2.24) is 19.7 Å². The van der Waals surface area contributed by atoms with Crippen LogP contribution in [0.4, 0.5) is 11.4 Å². The molecule has 4 aromatic rings. The van der Waals surface area contributed by atoms with Gasteiger partial charge in [-0.3, -0.25) is 14.4 Å². The van der Waals surface area contributed by atoms with Gasteiger partial charge in [0.25, 0.3) is 5.91 Å². The highest BCUT2D eigenvalue weighted by atomic mass is 16.5. The Morgan fingerprint density at radius 3 is 2.75 bits per heavy atom.